The monoisotopic (exact) mass is 299 g/mol. The zero-order chi connectivity index (χ0) is 15.1. The van der Waals surface area contributed by atoms with Crippen LogP contribution in [0.3, 0.4) is 0 Å². The van der Waals surface area contributed by atoms with Gasteiger partial charge < -0.3 is 14.4 Å². The first-order chi connectivity index (χ1) is 10.7. The predicted octanol–water partition coefficient (Wildman–Crippen LogP) is 2.08. The second kappa shape index (κ2) is 5.05. The number of amides is 1. The molecule has 0 spiro atoms. The SMILES string of the molecule is Cc1cn[nH]c1[C@H]1CCN(C(=O)c2ccc3c(c2)OCO3)C1. The first kappa shape index (κ1) is 13.2. The number of benzene rings is 1. The second-order valence-electron chi connectivity index (χ2n) is 5.77. The van der Waals surface area contributed by atoms with Gasteiger partial charge >= 0.3 is 0 Å². The molecule has 0 radical (unpaired) electrons. The molecule has 2 aromatic rings. The fourth-order valence-electron chi connectivity index (χ4n) is 3.16. The molecular weight excluding hydrogens is 282 g/mol. The molecule has 0 bridgehead atoms. The van der Waals surface area contributed by atoms with Crippen LogP contribution in [0.15, 0.2) is 24.4 Å². The maximum Gasteiger partial charge on any atom is 0.254 e. The Balaban J connectivity index is 1.51. The lowest BCUT2D eigenvalue weighted by Gasteiger charge is -2.16. The Hall–Kier alpha value is -2.50. The molecule has 1 atom stereocenters. The van der Waals surface area contributed by atoms with E-state index in [0.29, 0.717) is 23.0 Å². The molecule has 22 heavy (non-hydrogen) atoms. The van der Waals surface area contributed by atoms with E-state index in [1.165, 1.54) is 0 Å². The molecule has 2 aliphatic rings. The summed E-state index contributed by atoms with van der Waals surface area (Å²) in [4.78, 5) is 14.5. The molecule has 1 aromatic carbocycles. The fourth-order valence-corrected chi connectivity index (χ4v) is 3.16. The largest absolute Gasteiger partial charge is 0.454 e. The van der Waals surface area contributed by atoms with E-state index in [0.717, 1.165) is 30.8 Å². The minimum Gasteiger partial charge on any atom is -0.454 e. The molecule has 0 saturated carbocycles. The molecule has 1 aromatic heterocycles. The highest BCUT2D eigenvalue weighted by Crippen LogP contribution is 2.34. The van der Waals surface area contributed by atoms with E-state index in [2.05, 4.69) is 10.2 Å². The molecule has 4 rings (SSSR count). The molecule has 6 nitrogen and oxygen atoms in total. The molecular formula is C16H17N3O3. The standard InChI is InChI=1S/C16H17N3O3/c1-10-7-17-18-15(10)12-4-5-19(8-12)16(20)11-2-3-13-14(6-11)22-9-21-13/h2-3,6-7,12H,4-5,8-9H2,1H3,(H,17,18)/t12-/m0/s1. The van der Waals surface area contributed by atoms with Gasteiger partial charge in [0, 0.05) is 30.3 Å². The van der Waals surface area contributed by atoms with Gasteiger partial charge in [0.15, 0.2) is 11.5 Å². The third-order valence-corrected chi connectivity index (χ3v) is 4.37. The van der Waals surface area contributed by atoms with E-state index in [4.69, 9.17) is 9.47 Å². The Labute approximate surface area is 128 Å². The minimum atomic E-state index is 0.0398. The maximum atomic E-state index is 12.7. The number of carbonyl (C=O) groups is 1. The van der Waals surface area contributed by atoms with E-state index in [-0.39, 0.29) is 12.7 Å². The molecule has 2 aliphatic heterocycles. The lowest BCUT2D eigenvalue weighted by molar-refractivity contribution is 0.0790. The Bertz CT molecular complexity index is 725. The zero-order valence-electron chi connectivity index (χ0n) is 12.3. The van der Waals surface area contributed by atoms with Crippen molar-refractivity contribution in [2.75, 3.05) is 19.9 Å². The Morgan fingerprint density at radius 1 is 1.36 bits per heavy atom. The summed E-state index contributed by atoms with van der Waals surface area (Å²) in [6.45, 7) is 3.74. The van der Waals surface area contributed by atoms with Gasteiger partial charge in [-0.05, 0) is 37.1 Å². The van der Waals surface area contributed by atoms with Crippen LogP contribution in [0.4, 0.5) is 0 Å². The number of rotatable bonds is 2. The van der Waals surface area contributed by atoms with E-state index < -0.39 is 0 Å². The highest BCUT2D eigenvalue weighted by atomic mass is 16.7. The molecule has 3 heterocycles. The quantitative estimate of drug-likeness (QED) is 0.922. The predicted molar refractivity (Wildman–Crippen MR) is 79.2 cm³/mol. The van der Waals surface area contributed by atoms with Crippen molar-refractivity contribution in [1.82, 2.24) is 15.1 Å². The van der Waals surface area contributed by atoms with Crippen LogP contribution >= 0.6 is 0 Å². The van der Waals surface area contributed by atoms with Gasteiger partial charge in [-0.15, -0.1) is 0 Å². The van der Waals surface area contributed by atoms with Crippen molar-refractivity contribution in [2.45, 2.75) is 19.3 Å². The van der Waals surface area contributed by atoms with E-state index in [9.17, 15) is 4.79 Å². The van der Waals surface area contributed by atoms with Crippen LogP contribution in [0.25, 0.3) is 0 Å². The smallest absolute Gasteiger partial charge is 0.254 e. The number of aromatic nitrogens is 2. The summed E-state index contributed by atoms with van der Waals surface area (Å²) in [6.07, 6.45) is 2.79. The second-order valence-corrected chi connectivity index (χ2v) is 5.77. The van der Waals surface area contributed by atoms with Crippen LogP contribution in [0.2, 0.25) is 0 Å². The first-order valence-electron chi connectivity index (χ1n) is 7.41. The zero-order valence-corrected chi connectivity index (χ0v) is 12.3. The highest BCUT2D eigenvalue weighted by molar-refractivity contribution is 5.95. The molecule has 1 amide bonds. The Kier molecular flexibility index (Phi) is 3.03. The molecule has 1 N–H and O–H groups in total. The van der Waals surface area contributed by atoms with E-state index in [1.54, 1.807) is 18.2 Å². The summed E-state index contributed by atoms with van der Waals surface area (Å²) in [5.74, 6) is 1.72. The van der Waals surface area contributed by atoms with Gasteiger partial charge in [-0.2, -0.15) is 5.10 Å². The van der Waals surface area contributed by atoms with Gasteiger partial charge in [-0.25, -0.2) is 0 Å². The molecule has 0 unspecified atom stereocenters. The number of fused-ring (bicyclic) bond motifs is 1. The summed E-state index contributed by atoms with van der Waals surface area (Å²) in [7, 11) is 0. The number of hydrogen-bond donors (Lipinski definition) is 1. The van der Waals surface area contributed by atoms with Crippen molar-refractivity contribution in [3.8, 4) is 11.5 Å². The van der Waals surface area contributed by atoms with Crippen LogP contribution < -0.4 is 9.47 Å². The Morgan fingerprint density at radius 2 is 2.23 bits per heavy atom. The van der Waals surface area contributed by atoms with Crippen molar-refractivity contribution in [1.29, 1.82) is 0 Å². The number of aromatic amines is 1. The molecule has 1 fully saturated rings. The molecule has 0 aliphatic carbocycles. The van der Waals surface area contributed by atoms with Crippen LogP contribution in [-0.4, -0.2) is 40.9 Å². The van der Waals surface area contributed by atoms with Crippen molar-refractivity contribution in [2.24, 2.45) is 0 Å². The molecule has 1 saturated heterocycles. The number of H-pyrrole nitrogens is 1. The number of carbonyl (C=O) groups excluding carboxylic acids is 1. The average molecular weight is 299 g/mol. The summed E-state index contributed by atoms with van der Waals surface area (Å²) in [5.41, 5.74) is 2.94. The van der Waals surface area contributed by atoms with Gasteiger partial charge in [0.1, 0.15) is 0 Å². The summed E-state index contributed by atoms with van der Waals surface area (Å²) < 4.78 is 10.6. The summed E-state index contributed by atoms with van der Waals surface area (Å²) in [5, 5.41) is 7.13. The third-order valence-electron chi connectivity index (χ3n) is 4.37. The van der Waals surface area contributed by atoms with Gasteiger partial charge in [0.25, 0.3) is 5.91 Å². The molecule has 6 heteroatoms. The van der Waals surface area contributed by atoms with Crippen molar-refractivity contribution in [3.05, 3.63) is 41.2 Å². The van der Waals surface area contributed by atoms with Crippen LogP contribution in [0.5, 0.6) is 11.5 Å². The Morgan fingerprint density at radius 3 is 3.05 bits per heavy atom. The maximum absolute atomic E-state index is 12.7. The number of nitrogens with zero attached hydrogens (tertiary/aromatic N) is 2. The summed E-state index contributed by atoms with van der Waals surface area (Å²) >= 11 is 0. The molecule has 114 valence electrons. The lowest BCUT2D eigenvalue weighted by atomic mass is 10.0. The van der Waals surface area contributed by atoms with Gasteiger partial charge in [0.2, 0.25) is 6.79 Å². The minimum absolute atomic E-state index is 0.0398. The summed E-state index contributed by atoms with van der Waals surface area (Å²) in [6, 6.07) is 5.35. The third kappa shape index (κ3) is 2.11. The number of aryl methyl sites for hydroxylation is 1. The van der Waals surface area contributed by atoms with Gasteiger partial charge in [0.05, 0.1) is 6.20 Å². The number of likely N-dealkylation sites (tertiary alicyclic amines) is 1. The average Bonchev–Trinajstić information content (AvgIpc) is 3.25. The normalized spacial score (nSPS) is 19.7. The van der Waals surface area contributed by atoms with Crippen molar-refractivity contribution in [3.63, 3.8) is 0 Å². The first-order valence-corrected chi connectivity index (χ1v) is 7.41. The van der Waals surface area contributed by atoms with Crippen molar-refractivity contribution < 1.29 is 14.3 Å². The van der Waals surface area contributed by atoms with E-state index >= 15 is 0 Å². The fraction of sp³-hybridized carbons (Fsp3) is 0.375. The van der Waals surface area contributed by atoms with Crippen molar-refractivity contribution >= 4 is 5.91 Å². The number of nitrogens with one attached hydrogen (secondary N) is 1. The van der Waals surface area contributed by atoms with Crippen LogP contribution in [0.1, 0.15) is 34.0 Å². The highest BCUT2D eigenvalue weighted by Gasteiger charge is 2.30. The van der Waals surface area contributed by atoms with Gasteiger partial charge in [-0.3, -0.25) is 9.89 Å². The topological polar surface area (TPSA) is 67.5 Å². The van der Waals surface area contributed by atoms with Crippen LogP contribution in [-0.2, 0) is 0 Å². The van der Waals surface area contributed by atoms with Gasteiger partial charge in [-0.1, -0.05) is 0 Å². The van der Waals surface area contributed by atoms with E-state index in [1.807, 2.05) is 18.0 Å². The lowest BCUT2D eigenvalue weighted by Crippen LogP contribution is -2.28. The van der Waals surface area contributed by atoms with Crippen LogP contribution in [0, 0.1) is 6.92 Å². The number of ether oxygens (including phenoxy) is 2. The number of hydrogen-bond acceptors (Lipinski definition) is 4.